The number of carbonyl (C=O) groups is 1. The van der Waals surface area contributed by atoms with Gasteiger partial charge in [0.25, 0.3) is 5.91 Å². The van der Waals surface area contributed by atoms with Gasteiger partial charge in [0.05, 0.1) is 35.5 Å². The van der Waals surface area contributed by atoms with Crippen LogP contribution in [-0.4, -0.2) is 48.1 Å². The second-order valence-corrected chi connectivity index (χ2v) is 9.72. The van der Waals surface area contributed by atoms with Crippen molar-refractivity contribution in [1.82, 2.24) is 20.0 Å². The summed E-state index contributed by atoms with van der Waals surface area (Å²) < 4.78 is 13.4. The molecule has 3 aromatic rings. The lowest BCUT2D eigenvalue weighted by Crippen LogP contribution is -2.44. The van der Waals surface area contributed by atoms with Gasteiger partial charge < -0.3 is 20.1 Å². The zero-order chi connectivity index (χ0) is 23.3. The number of nitrogens with one attached hydrogen (secondary N) is 2. The molecule has 1 atom stereocenters. The highest BCUT2D eigenvalue weighted by molar-refractivity contribution is 8.04. The molecule has 0 spiro atoms. The van der Waals surface area contributed by atoms with Crippen molar-refractivity contribution >= 4 is 29.4 Å². The maximum Gasteiger partial charge on any atom is 0.258 e. The smallest absolute Gasteiger partial charge is 0.258 e. The molecule has 178 valence electrons. The van der Waals surface area contributed by atoms with Crippen molar-refractivity contribution < 1.29 is 14.3 Å². The Labute approximate surface area is 203 Å². The Hall–Kier alpha value is -2.97. The number of aromatic nitrogens is 2. The number of hydrogen-bond acceptors (Lipinski definition) is 6. The number of methoxy groups -OCH3 is 1. The summed E-state index contributed by atoms with van der Waals surface area (Å²) in [4.78, 5) is 18.5. The van der Waals surface area contributed by atoms with Crippen molar-refractivity contribution in [3.8, 4) is 11.5 Å². The van der Waals surface area contributed by atoms with E-state index in [1.807, 2.05) is 54.7 Å². The van der Waals surface area contributed by atoms with Crippen LogP contribution in [0.1, 0.15) is 31.4 Å². The van der Waals surface area contributed by atoms with Gasteiger partial charge in [0.15, 0.2) is 11.5 Å². The van der Waals surface area contributed by atoms with Crippen LogP contribution in [-0.2, 0) is 4.79 Å². The largest absolute Gasteiger partial charge is 0.493 e. The highest BCUT2D eigenvalue weighted by Crippen LogP contribution is 2.35. The monoisotopic (exact) mass is 478 g/mol. The van der Waals surface area contributed by atoms with Gasteiger partial charge in [-0.3, -0.25) is 9.20 Å². The lowest BCUT2D eigenvalue weighted by atomic mass is 9.87. The molecule has 7 nitrogen and oxygen atoms in total. The third kappa shape index (κ3) is 4.93. The Balaban J connectivity index is 1.24. The lowest BCUT2D eigenvalue weighted by Gasteiger charge is -2.32. The highest BCUT2D eigenvalue weighted by atomic mass is 32.2. The number of hydrogen-bond donors (Lipinski definition) is 2. The minimum absolute atomic E-state index is 0.0105. The number of imidazole rings is 1. The number of thioether (sulfide) groups is 1. The summed E-state index contributed by atoms with van der Waals surface area (Å²) in [7, 11) is 1.65. The summed E-state index contributed by atoms with van der Waals surface area (Å²) in [6.45, 7) is 2.57. The number of benzene rings is 1. The summed E-state index contributed by atoms with van der Waals surface area (Å²) in [5.41, 5.74) is 1.84. The van der Waals surface area contributed by atoms with E-state index >= 15 is 0 Å². The van der Waals surface area contributed by atoms with Gasteiger partial charge in [0.2, 0.25) is 0 Å². The highest BCUT2D eigenvalue weighted by Gasteiger charge is 2.27. The number of para-hydroxylation sites is 2. The number of carbonyl (C=O) groups excluding carboxylic acids is 1. The van der Waals surface area contributed by atoms with E-state index in [1.165, 1.54) is 11.8 Å². The molecule has 5 rings (SSSR count). The molecule has 4 heterocycles. The zero-order valence-electron chi connectivity index (χ0n) is 19.3. The van der Waals surface area contributed by atoms with Crippen molar-refractivity contribution in [2.24, 2.45) is 5.92 Å². The minimum atomic E-state index is -0.0105. The molecule has 1 amide bonds. The van der Waals surface area contributed by atoms with Gasteiger partial charge in [-0.15, -0.1) is 0 Å². The predicted molar refractivity (Wildman–Crippen MR) is 134 cm³/mol. The van der Waals surface area contributed by atoms with Crippen LogP contribution in [0, 0.1) is 5.92 Å². The van der Waals surface area contributed by atoms with Crippen molar-refractivity contribution in [1.29, 1.82) is 0 Å². The molecule has 0 radical (unpaired) electrons. The van der Waals surface area contributed by atoms with Crippen LogP contribution in [0.2, 0.25) is 0 Å². The minimum Gasteiger partial charge on any atom is -0.493 e. The third-order valence-electron chi connectivity index (χ3n) is 6.49. The van der Waals surface area contributed by atoms with Gasteiger partial charge in [-0.2, -0.15) is 0 Å². The van der Waals surface area contributed by atoms with Crippen LogP contribution in [0.5, 0.6) is 11.5 Å². The van der Waals surface area contributed by atoms with Crippen LogP contribution >= 0.6 is 11.8 Å². The molecule has 1 aromatic carbocycles. The average molecular weight is 479 g/mol. The zero-order valence-corrected chi connectivity index (χ0v) is 20.1. The molecular formula is C26H30N4O3S. The van der Waals surface area contributed by atoms with Gasteiger partial charge in [-0.25, -0.2) is 4.98 Å². The summed E-state index contributed by atoms with van der Waals surface area (Å²) in [6, 6.07) is 13.8. The Morgan fingerprint density at radius 2 is 2.03 bits per heavy atom. The fraction of sp³-hybridized carbons (Fsp3) is 0.385. The number of rotatable bonds is 9. The molecule has 2 N–H and O–H groups in total. The first-order valence-corrected chi connectivity index (χ1v) is 12.7. The number of amides is 1. The average Bonchev–Trinajstić information content (AvgIpc) is 3.31. The molecule has 1 unspecified atom stereocenters. The first-order valence-electron chi connectivity index (χ1n) is 11.9. The Morgan fingerprint density at radius 3 is 2.85 bits per heavy atom. The molecule has 0 saturated carbocycles. The molecule has 34 heavy (non-hydrogen) atoms. The summed E-state index contributed by atoms with van der Waals surface area (Å²) in [5.74, 6) is 1.94. The number of nitrogens with zero attached hydrogens (tertiary/aromatic N) is 2. The van der Waals surface area contributed by atoms with Crippen molar-refractivity contribution in [2.45, 2.75) is 36.8 Å². The number of pyridine rings is 1. The van der Waals surface area contributed by atoms with Crippen LogP contribution in [0.4, 0.5) is 0 Å². The van der Waals surface area contributed by atoms with Gasteiger partial charge in [0, 0.05) is 6.04 Å². The van der Waals surface area contributed by atoms with Crippen LogP contribution in [0.15, 0.2) is 58.6 Å². The maximum atomic E-state index is 13.3. The van der Waals surface area contributed by atoms with Crippen molar-refractivity contribution in [3.63, 3.8) is 0 Å². The molecule has 2 aliphatic heterocycles. The van der Waals surface area contributed by atoms with E-state index in [0.717, 1.165) is 66.6 Å². The molecule has 0 aliphatic carbocycles. The molecule has 1 saturated heterocycles. The van der Waals surface area contributed by atoms with Gasteiger partial charge in [-0.05, 0) is 75.0 Å². The number of piperidine rings is 1. The molecule has 8 heteroatoms. The SMILES string of the molecule is COc1ccccc1OCCCC(NC(=O)C1=Cc2cnc3cccc(n23)S1)C1CCNCC1. The normalized spacial score (nSPS) is 16.7. The Kier molecular flexibility index (Phi) is 7.06. The van der Waals surface area contributed by atoms with E-state index in [4.69, 9.17) is 9.47 Å². The molecule has 0 bridgehead atoms. The maximum absolute atomic E-state index is 13.3. The first-order chi connectivity index (χ1) is 16.7. The number of ether oxygens (including phenoxy) is 2. The van der Waals surface area contributed by atoms with Crippen molar-refractivity contribution in [2.75, 3.05) is 26.8 Å². The van der Waals surface area contributed by atoms with E-state index in [-0.39, 0.29) is 11.9 Å². The van der Waals surface area contributed by atoms with E-state index in [2.05, 4.69) is 20.0 Å². The Bertz CT molecular complexity index is 1190. The van der Waals surface area contributed by atoms with Crippen LogP contribution < -0.4 is 20.1 Å². The summed E-state index contributed by atoms with van der Waals surface area (Å²) in [6.07, 6.45) is 7.62. The van der Waals surface area contributed by atoms with Crippen LogP contribution in [0.25, 0.3) is 11.7 Å². The molecule has 1 fully saturated rings. The fourth-order valence-electron chi connectivity index (χ4n) is 4.73. The van der Waals surface area contributed by atoms with Gasteiger partial charge in [-0.1, -0.05) is 30.0 Å². The van der Waals surface area contributed by atoms with Crippen molar-refractivity contribution in [3.05, 3.63) is 59.3 Å². The third-order valence-corrected chi connectivity index (χ3v) is 7.54. The van der Waals surface area contributed by atoms with Gasteiger partial charge >= 0.3 is 0 Å². The standard InChI is InChI=1S/C26H30N4O3S/c1-32-21-7-2-3-8-22(21)33-15-5-6-20(18-11-13-27-14-12-18)29-26(31)23-16-19-17-28-24-9-4-10-25(34-23)30(19)24/h2-4,7-10,16-18,20,27H,5-6,11-15H2,1H3,(H,29,31). The van der Waals surface area contributed by atoms with E-state index in [0.29, 0.717) is 17.4 Å². The van der Waals surface area contributed by atoms with E-state index in [1.54, 1.807) is 7.11 Å². The molecular weight excluding hydrogens is 448 g/mol. The quantitative estimate of drug-likeness (QED) is 0.451. The summed E-state index contributed by atoms with van der Waals surface area (Å²) in [5, 5.41) is 7.81. The predicted octanol–water partition coefficient (Wildman–Crippen LogP) is 4.13. The molecule has 2 aliphatic rings. The lowest BCUT2D eigenvalue weighted by molar-refractivity contribution is -0.117. The van der Waals surface area contributed by atoms with Crippen LogP contribution in [0.3, 0.4) is 0 Å². The van der Waals surface area contributed by atoms with E-state index < -0.39 is 0 Å². The first kappa shape index (κ1) is 22.8. The fourth-order valence-corrected chi connectivity index (χ4v) is 5.73. The topological polar surface area (TPSA) is 76.9 Å². The second-order valence-electron chi connectivity index (χ2n) is 8.66. The molecule has 2 aromatic heterocycles. The second kappa shape index (κ2) is 10.5. The van der Waals surface area contributed by atoms with E-state index in [9.17, 15) is 4.79 Å². The summed E-state index contributed by atoms with van der Waals surface area (Å²) >= 11 is 1.50. The van der Waals surface area contributed by atoms with Gasteiger partial charge in [0.1, 0.15) is 5.65 Å². The Morgan fingerprint density at radius 1 is 1.21 bits per heavy atom.